The monoisotopic (exact) mass is 334 g/mol. The molecule has 0 fully saturated rings. The third-order valence-electron chi connectivity index (χ3n) is 2.13. The normalized spacial score (nSPS) is 14.9. The minimum Gasteiger partial charge on any atom is -0.309 e. The van der Waals surface area contributed by atoms with E-state index in [1.165, 1.54) is 4.90 Å². The molecule has 0 spiro atoms. The van der Waals surface area contributed by atoms with Gasteiger partial charge in [0.05, 0.1) is 0 Å². The van der Waals surface area contributed by atoms with E-state index in [1.807, 2.05) is 0 Å². The Bertz CT molecular complexity index is 419. The predicted molar refractivity (Wildman–Crippen MR) is 56.0 cm³/mol. The highest BCUT2D eigenvalue weighted by Gasteiger charge is 2.78. The van der Waals surface area contributed by atoms with Gasteiger partial charge in [-0.2, -0.15) is 30.7 Å². The molecule has 0 radical (unpaired) electrons. The Balaban J connectivity index is 5.00. The molecule has 0 heterocycles. The van der Waals surface area contributed by atoms with E-state index in [-0.39, 0.29) is 13.0 Å². The third-order valence-corrected chi connectivity index (χ3v) is 3.65. The molecular weight excluding hydrogens is 321 g/mol. The summed E-state index contributed by atoms with van der Waals surface area (Å²) in [5, 5.41) is -6.30. The Hall–Kier alpha value is -0.620. The molecule has 0 aromatic heterocycles. The molecule has 4 nitrogen and oxygen atoms in total. The predicted octanol–water partition coefficient (Wildman–Crippen LogP) is 1.65. The van der Waals surface area contributed by atoms with E-state index < -0.39 is 33.9 Å². The summed E-state index contributed by atoms with van der Waals surface area (Å²) in [5.74, 6) is -6.69. The number of rotatable bonds is 7. The van der Waals surface area contributed by atoms with E-state index in [1.54, 1.807) is 14.1 Å². The zero-order valence-corrected chi connectivity index (χ0v) is 11.3. The molecule has 0 amide bonds. The minimum absolute atomic E-state index is 0.0418. The number of nitrogens with zero attached hydrogens (tertiary/aromatic N) is 1. The van der Waals surface area contributed by atoms with Crippen LogP contribution in [0.15, 0.2) is 0 Å². The Morgan fingerprint density at radius 2 is 1.45 bits per heavy atom. The van der Waals surface area contributed by atoms with Gasteiger partial charge in [-0.25, -0.2) is 13.1 Å². The maximum absolute atomic E-state index is 12.9. The van der Waals surface area contributed by atoms with Crippen LogP contribution in [0, 0.1) is 0 Å². The highest BCUT2D eigenvalue weighted by Crippen LogP contribution is 2.48. The lowest BCUT2D eigenvalue weighted by Gasteiger charge is -2.27. The molecule has 20 heavy (non-hydrogen) atoms. The summed E-state index contributed by atoms with van der Waals surface area (Å²) >= 11 is 0. The van der Waals surface area contributed by atoms with Gasteiger partial charge in [0.25, 0.3) is 10.0 Å². The molecule has 0 aromatic carbocycles. The second kappa shape index (κ2) is 6.02. The Kier molecular flexibility index (Phi) is 5.83. The highest BCUT2D eigenvalue weighted by molar-refractivity contribution is 7.90. The maximum atomic E-state index is 12.9. The lowest BCUT2D eigenvalue weighted by Crippen LogP contribution is -2.59. The van der Waals surface area contributed by atoms with Crippen LogP contribution in [0.1, 0.15) is 6.42 Å². The molecule has 0 rings (SSSR count). The average molecular weight is 334 g/mol. The molecule has 12 heteroatoms. The van der Waals surface area contributed by atoms with Crippen molar-refractivity contribution >= 4 is 10.0 Å². The zero-order chi connectivity index (χ0) is 16.4. The first kappa shape index (κ1) is 19.4. The van der Waals surface area contributed by atoms with E-state index >= 15 is 0 Å². The topological polar surface area (TPSA) is 49.4 Å². The van der Waals surface area contributed by atoms with Crippen LogP contribution in [0.3, 0.4) is 0 Å². The quantitative estimate of drug-likeness (QED) is 0.569. The van der Waals surface area contributed by atoms with Crippen LogP contribution in [-0.4, -0.2) is 57.9 Å². The molecule has 0 aliphatic carbocycles. The SMILES string of the molecule is CN(C)CCCNS(=O)(=O)C(F)(F)C(F)(F)C(F)(F)F. The van der Waals surface area contributed by atoms with Gasteiger partial charge in [-0.1, -0.05) is 0 Å². The molecule has 0 bridgehead atoms. The average Bonchev–Trinajstić information content (AvgIpc) is 2.22. The largest absolute Gasteiger partial charge is 0.461 e. The van der Waals surface area contributed by atoms with Crippen LogP contribution in [0.2, 0.25) is 0 Å². The molecule has 0 aliphatic heterocycles. The molecular formula is C8H13F7N2O2S. The lowest BCUT2D eigenvalue weighted by molar-refractivity contribution is -0.332. The molecule has 1 N–H and O–H groups in total. The van der Waals surface area contributed by atoms with E-state index in [9.17, 15) is 39.2 Å². The highest BCUT2D eigenvalue weighted by atomic mass is 32.2. The number of alkyl halides is 7. The minimum atomic E-state index is -6.69. The summed E-state index contributed by atoms with van der Waals surface area (Å²) in [5.41, 5.74) is 0. The van der Waals surface area contributed by atoms with Crippen molar-refractivity contribution in [2.75, 3.05) is 27.2 Å². The number of hydrogen-bond acceptors (Lipinski definition) is 3. The van der Waals surface area contributed by atoms with Gasteiger partial charge in [0.15, 0.2) is 0 Å². The molecule has 0 atom stereocenters. The van der Waals surface area contributed by atoms with Gasteiger partial charge in [0.2, 0.25) is 0 Å². The van der Waals surface area contributed by atoms with Gasteiger partial charge in [-0.15, -0.1) is 0 Å². The van der Waals surface area contributed by atoms with Gasteiger partial charge < -0.3 is 4.90 Å². The first-order valence-corrected chi connectivity index (χ1v) is 6.61. The van der Waals surface area contributed by atoms with E-state index in [4.69, 9.17) is 0 Å². The van der Waals surface area contributed by atoms with Crippen LogP contribution in [0.25, 0.3) is 0 Å². The van der Waals surface area contributed by atoms with Crippen molar-refractivity contribution in [3.63, 3.8) is 0 Å². The van der Waals surface area contributed by atoms with Crippen molar-refractivity contribution in [1.29, 1.82) is 0 Å². The summed E-state index contributed by atoms with van der Waals surface area (Å²) in [6.45, 7) is -0.464. The van der Waals surface area contributed by atoms with Gasteiger partial charge >= 0.3 is 17.4 Å². The zero-order valence-electron chi connectivity index (χ0n) is 10.4. The van der Waals surface area contributed by atoms with Crippen LogP contribution < -0.4 is 4.72 Å². The van der Waals surface area contributed by atoms with Crippen molar-refractivity contribution in [2.45, 2.75) is 23.8 Å². The van der Waals surface area contributed by atoms with E-state index in [0.717, 1.165) is 4.72 Å². The fraction of sp³-hybridized carbons (Fsp3) is 1.00. The van der Waals surface area contributed by atoms with Crippen molar-refractivity contribution in [2.24, 2.45) is 0 Å². The molecule has 122 valence electrons. The van der Waals surface area contributed by atoms with Crippen LogP contribution in [0.4, 0.5) is 30.7 Å². The smallest absolute Gasteiger partial charge is 0.309 e. The number of hydrogen-bond donors (Lipinski definition) is 1. The van der Waals surface area contributed by atoms with Gasteiger partial charge in [-0.05, 0) is 27.1 Å². The fourth-order valence-electron chi connectivity index (χ4n) is 1.03. The van der Waals surface area contributed by atoms with Gasteiger partial charge in [-0.3, -0.25) is 0 Å². The third kappa shape index (κ3) is 3.95. The van der Waals surface area contributed by atoms with Gasteiger partial charge in [0.1, 0.15) is 0 Å². The summed E-state index contributed by atoms with van der Waals surface area (Å²) in [6, 6.07) is 0. The van der Waals surface area contributed by atoms with Crippen LogP contribution >= 0.6 is 0 Å². The maximum Gasteiger partial charge on any atom is 0.461 e. The summed E-state index contributed by atoms with van der Waals surface area (Å²) in [7, 11) is -3.03. The lowest BCUT2D eigenvalue weighted by atomic mass is 10.3. The second-order valence-corrected chi connectivity index (χ2v) is 5.95. The Morgan fingerprint density at radius 1 is 1.00 bits per heavy atom. The Labute approximate surface area is 111 Å². The molecule has 0 saturated heterocycles. The molecule has 0 unspecified atom stereocenters. The summed E-state index contributed by atoms with van der Waals surface area (Å²) in [6.07, 6.45) is -6.73. The van der Waals surface area contributed by atoms with Crippen molar-refractivity contribution in [3.05, 3.63) is 0 Å². The van der Waals surface area contributed by atoms with Crippen LogP contribution in [0.5, 0.6) is 0 Å². The van der Waals surface area contributed by atoms with Crippen molar-refractivity contribution in [3.8, 4) is 0 Å². The molecule has 0 aliphatic rings. The fourth-order valence-corrected chi connectivity index (χ4v) is 2.07. The summed E-state index contributed by atoms with van der Waals surface area (Å²) in [4.78, 5) is 1.54. The first-order valence-electron chi connectivity index (χ1n) is 5.13. The van der Waals surface area contributed by atoms with E-state index in [2.05, 4.69) is 0 Å². The van der Waals surface area contributed by atoms with Crippen molar-refractivity contribution in [1.82, 2.24) is 9.62 Å². The second-order valence-electron chi connectivity index (χ2n) is 4.14. The van der Waals surface area contributed by atoms with Crippen molar-refractivity contribution < 1.29 is 39.2 Å². The standard InChI is InChI=1S/C8H13F7N2O2S/c1-17(2)5-3-4-16-20(18,19)8(14,15)6(9,10)7(11,12)13/h16H,3-5H2,1-2H3. The number of sulfonamides is 1. The summed E-state index contributed by atoms with van der Waals surface area (Å²) < 4.78 is 109. The Morgan fingerprint density at radius 3 is 1.80 bits per heavy atom. The number of halogens is 7. The van der Waals surface area contributed by atoms with Gasteiger partial charge in [0, 0.05) is 6.54 Å². The molecule has 0 saturated carbocycles. The van der Waals surface area contributed by atoms with Crippen LogP contribution in [-0.2, 0) is 10.0 Å². The first-order chi connectivity index (χ1) is 8.67. The van der Waals surface area contributed by atoms with E-state index in [0.29, 0.717) is 0 Å². The number of nitrogens with one attached hydrogen (secondary N) is 1. The molecule has 0 aromatic rings.